The summed E-state index contributed by atoms with van der Waals surface area (Å²) < 4.78 is 75.9. The van der Waals surface area contributed by atoms with E-state index >= 15 is 0 Å². The van der Waals surface area contributed by atoms with Crippen LogP contribution < -0.4 is 14.2 Å². The zero-order valence-electron chi connectivity index (χ0n) is 12.1. The predicted octanol–water partition coefficient (Wildman–Crippen LogP) is 2.92. The van der Waals surface area contributed by atoms with Gasteiger partial charge in [-0.2, -0.15) is 0 Å². The van der Waals surface area contributed by atoms with E-state index in [1.807, 2.05) is 4.72 Å². The molecule has 23 heavy (non-hydrogen) atoms. The van der Waals surface area contributed by atoms with Crippen LogP contribution in [0.5, 0.6) is 11.5 Å². The van der Waals surface area contributed by atoms with Crippen molar-refractivity contribution >= 4 is 15.7 Å². The lowest BCUT2D eigenvalue weighted by molar-refractivity contribution is 0.354. The Hall–Kier alpha value is -2.42. The van der Waals surface area contributed by atoms with E-state index in [1.165, 1.54) is 26.4 Å². The summed E-state index contributed by atoms with van der Waals surface area (Å²) in [6.45, 7) is 0. The Labute approximate surface area is 130 Å². The van der Waals surface area contributed by atoms with Gasteiger partial charge in [-0.15, -0.1) is 0 Å². The van der Waals surface area contributed by atoms with Crippen LogP contribution in [0.25, 0.3) is 0 Å². The standard InChI is InChI=1S/C14H12F3NO4S/c1-21-11-6-3-8(7-12(11)22-2)23(19,20)18-10-5-4-9(15)13(16)14(10)17/h3-7,18H,1-2H3. The number of sulfonamides is 1. The fraction of sp³-hybridized carbons (Fsp3) is 0.143. The van der Waals surface area contributed by atoms with Crippen molar-refractivity contribution in [2.45, 2.75) is 4.90 Å². The summed E-state index contributed by atoms with van der Waals surface area (Å²) in [5.41, 5.74) is -0.710. The monoisotopic (exact) mass is 347 g/mol. The first-order valence-electron chi connectivity index (χ1n) is 6.18. The summed E-state index contributed by atoms with van der Waals surface area (Å²) in [4.78, 5) is -0.265. The minimum atomic E-state index is -4.24. The second-order valence-electron chi connectivity index (χ2n) is 4.35. The number of ether oxygens (including phenoxy) is 2. The van der Waals surface area contributed by atoms with Crippen LogP contribution >= 0.6 is 0 Å². The molecule has 2 aromatic rings. The zero-order valence-corrected chi connectivity index (χ0v) is 12.9. The molecule has 0 aliphatic rings. The largest absolute Gasteiger partial charge is 0.493 e. The Morgan fingerprint density at radius 2 is 1.57 bits per heavy atom. The third-order valence-electron chi connectivity index (χ3n) is 2.94. The molecule has 0 radical (unpaired) electrons. The number of hydrogen-bond donors (Lipinski definition) is 1. The molecule has 5 nitrogen and oxygen atoms in total. The van der Waals surface area contributed by atoms with Crippen LogP contribution in [-0.4, -0.2) is 22.6 Å². The van der Waals surface area contributed by atoms with Crippen LogP contribution in [0.4, 0.5) is 18.9 Å². The molecular formula is C14H12F3NO4S. The minimum Gasteiger partial charge on any atom is -0.493 e. The first-order valence-corrected chi connectivity index (χ1v) is 7.67. The molecule has 2 rings (SSSR count). The number of methoxy groups -OCH3 is 2. The Morgan fingerprint density at radius 1 is 0.913 bits per heavy atom. The molecule has 2 aromatic carbocycles. The lowest BCUT2D eigenvalue weighted by Crippen LogP contribution is -2.15. The molecule has 0 fully saturated rings. The van der Waals surface area contributed by atoms with E-state index in [4.69, 9.17) is 9.47 Å². The molecule has 0 bridgehead atoms. The van der Waals surface area contributed by atoms with Crippen LogP contribution in [0.15, 0.2) is 35.2 Å². The van der Waals surface area contributed by atoms with Gasteiger partial charge in [0, 0.05) is 6.07 Å². The Balaban J connectivity index is 2.42. The Bertz CT molecular complexity index is 840. The Kier molecular flexibility index (Phi) is 4.69. The summed E-state index contributed by atoms with van der Waals surface area (Å²) in [6, 6.07) is 5.09. The number of nitrogens with one attached hydrogen (secondary N) is 1. The predicted molar refractivity (Wildman–Crippen MR) is 76.7 cm³/mol. The van der Waals surface area contributed by atoms with Crippen molar-refractivity contribution in [3.05, 3.63) is 47.8 Å². The molecule has 0 amide bonds. The number of anilines is 1. The van der Waals surface area contributed by atoms with E-state index < -0.39 is 33.2 Å². The number of halogens is 3. The fourth-order valence-corrected chi connectivity index (χ4v) is 2.87. The maximum Gasteiger partial charge on any atom is 0.262 e. The summed E-state index contributed by atoms with van der Waals surface area (Å²) >= 11 is 0. The van der Waals surface area contributed by atoms with Crippen molar-refractivity contribution in [2.24, 2.45) is 0 Å². The van der Waals surface area contributed by atoms with Gasteiger partial charge >= 0.3 is 0 Å². The summed E-state index contributed by atoms with van der Waals surface area (Å²) in [5, 5.41) is 0. The number of benzene rings is 2. The van der Waals surface area contributed by atoms with E-state index in [0.29, 0.717) is 11.8 Å². The van der Waals surface area contributed by atoms with Crippen LogP contribution in [0.2, 0.25) is 0 Å². The van der Waals surface area contributed by atoms with Crippen molar-refractivity contribution in [3.8, 4) is 11.5 Å². The molecule has 0 unspecified atom stereocenters. The normalized spacial score (nSPS) is 11.2. The van der Waals surface area contributed by atoms with E-state index in [1.54, 1.807) is 0 Å². The molecule has 0 spiro atoms. The van der Waals surface area contributed by atoms with Gasteiger partial charge < -0.3 is 9.47 Å². The van der Waals surface area contributed by atoms with Crippen molar-refractivity contribution in [3.63, 3.8) is 0 Å². The van der Waals surface area contributed by atoms with Gasteiger partial charge in [0.1, 0.15) is 0 Å². The van der Waals surface area contributed by atoms with Crippen LogP contribution in [0.1, 0.15) is 0 Å². The smallest absolute Gasteiger partial charge is 0.262 e. The molecule has 9 heteroatoms. The van der Waals surface area contributed by atoms with Crippen molar-refractivity contribution < 1.29 is 31.1 Å². The molecule has 0 aromatic heterocycles. The molecular weight excluding hydrogens is 335 g/mol. The average molecular weight is 347 g/mol. The van der Waals surface area contributed by atoms with Gasteiger partial charge in [0.2, 0.25) is 0 Å². The van der Waals surface area contributed by atoms with Crippen molar-refractivity contribution in [2.75, 3.05) is 18.9 Å². The molecule has 0 saturated heterocycles. The zero-order chi connectivity index (χ0) is 17.2. The maximum absolute atomic E-state index is 13.6. The average Bonchev–Trinajstić information content (AvgIpc) is 2.54. The van der Waals surface area contributed by atoms with Gasteiger partial charge in [-0.1, -0.05) is 0 Å². The molecule has 124 valence electrons. The fourth-order valence-electron chi connectivity index (χ4n) is 1.79. The van der Waals surface area contributed by atoms with E-state index in [9.17, 15) is 21.6 Å². The summed E-state index contributed by atoms with van der Waals surface area (Å²) in [5.74, 6) is -4.38. The van der Waals surface area contributed by atoms with Gasteiger partial charge in [0.05, 0.1) is 24.8 Å². The summed E-state index contributed by atoms with van der Waals surface area (Å²) in [7, 11) is -1.55. The topological polar surface area (TPSA) is 64.6 Å². The van der Waals surface area contributed by atoms with Gasteiger partial charge in [0.25, 0.3) is 10.0 Å². The first-order chi connectivity index (χ1) is 10.8. The van der Waals surface area contributed by atoms with Gasteiger partial charge in [0.15, 0.2) is 29.0 Å². The van der Waals surface area contributed by atoms with Crippen LogP contribution in [-0.2, 0) is 10.0 Å². The lowest BCUT2D eigenvalue weighted by atomic mass is 10.3. The van der Waals surface area contributed by atoms with Crippen LogP contribution in [0, 0.1) is 17.5 Å². The highest BCUT2D eigenvalue weighted by molar-refractivity contribution is 7.92. The molecule has 0 aliphatic heterocycles. The molecule has 0 aliphatic carbocycles. The minimum absolute atomic E-state index is 0.140. The van der Waals surface area contributed by atoms with Gasteiger partial charge in [-0.3, -0.25) is 4.72 Å². The first kappa shape index (κ1) is 16.9. The third-order valence-corrected chi connectivity index (χ3v) is 4.31. The highest BCUT2D eigenvalue weighted by atomic mass is 32.2. The second-order valence-corrected chi connectivity index (χ2v) is 6.03. The highest BCUT2D eigenvalue weighted by Gasteiger charge is 2.21. The van der Waals surface area contributed by atoms with Gasteiger partial charge in [-0.05, 0) is 24.3 Å². The van der Waals surface area contributed by atoms with E-state index in [2.05, 4.69) is 0 Å². The molecule has 0 atom stereocenters. The molecule has 0 heterocycles. The van der Waals surface area contributed by atoms with Crippen molar-refractivity contribution in [1.82, 2.24) is 0 Å². The maximum atomic E-state index is 13.6. The van der Waals surface area contributed by atoms with Crippen LogP contribution in [0.3, 0.4) is 0 Å². The highest BCUT2D eigenvalue weighted by Crippen LogP contribution is 2.30. The molecule has 0 saturated carbocycles. The third kappa shape index (κ3) is 3.34. The van der Waals surface area contributed by atoms with E-state index in [-0.39, 0.29) is 10.6 Å². The summed E-state index contributed by atoms with van der Waals surface area (Å²) in [6.07, 6.45) is 0. The van der Waals surface area contributed by atoms with Crippen molar-refractivity contribution in [1.29, 1.82) is 0 Å². The number of rotatable bonds is 5. The second kappa shape index (κ2) is 6.37. The number of hydrogen-bond acceptors (Lipinski definition) is 4. The van der Waals surface area contributed by atoms with E-state index in [0.717, 1.165) is 12.1 Å². The quantitative estimate of drug-likeness (QED) is 0.845. The Morgan fingerprint density at radius 3 is 2.17 bits per heavy atom. The molecule has 1 N–H and O–H groups in total. The van der Waals surface area contributed by atoms with Gasteiger partial charge in [-0.25, -0.2) is 21.6 Å². The lowest BCUT2D eigenvalue weighted by Gasteiger charge is -2.12. The SMILES string of the molecule is COc1ccc(S(=O)(=O)Nc2ccc(F)c(F)c2F)cc1OC.